The average molecular weight is 452 g/mol. The summed E-state index contributed by atoms with van der Waals surface area (Å²) in [6.07, 6.45) is 4.77. The highest BCUT2D eigenvalue weighted by molar-refractivity contribution is 5.85. The third kappa shape index (κ3) is 7.59. The minimum Gasteiger partial charge on any atom is -0.444 e. The minimum atomic E-state index is -0.578. The molecule has 3 aliphatic heterocycles. The van der Waals surface area contributed by atoms with Gasteiger partial charge in [-0.2, -0.15) is 0 Å². The van der Waals surface area contributed by atoms with Crippen molar-refractivity contribution in [2.75, 3.05) is 66.5 Å². The molecule has 184 valence electrons. The van der Waals surface area contributed by atoms with Crippen LogP contribution < -0.4 is 5.32 Å². The van der Waals surface area contributed by atoms with E-state index in [1.54, 1.807) is 0 Å². The van der Waals surface area contributed by atoms with Crippen LogP contribution in [-0.2, 0) is 9.53 Å². The highest BCUT2D eigenvalue weighted by atomic mass is 16.6. The maximum atomic E-state index is 13.5. The minimum absolute atomic E-state index is 0.0535. The molecule has 1 N–H and O–H groups in total. The molecule has 0 radical (unpaired) electrons. The standard InChI is InChI=1S/C24H45N5O3/c1-24(2,3)32-23(31)25-21(18-19-6-10-26(4)11-7-19)22(30)29-16-14-28(15-17-29)20-8-12-27(5)13-9-20/h19-21H,6-18H2,1-5H3,(H,25,31)/t21-/m1/s1. The molecule has 3 rings (SSSR count). The first kappa shape index (κ1) is 25.2. The van der Waals surface area contributed by atoms with Crippen LogP contribution in [0.15, 0.2) is 0 Å². The van der Waals surface area contributed by atoms with Crippen molar-refractivity contribution in [2.24, 2.45) is 5.92 Å². The van der Waals surface area contributed by atoms with Gasteiger partial charge < -0.3 is 24.8 Å². The van der Waals surface area contributed by atoms with Gasteiger partial charge in [-0.1, -0.05) is 0 Å². The summed E-state index contributed by atoms with van der Waals surface area (Å²) < 4.78 is 5.48. The fraction of sp³-hybridized carbons (Fsp3) is 0.917. The molecule has 3 heterocycles. The zero-order chi connectivity index (χ0) is 23.3. The molecule has 0 aromatic heterocycles. The summed E-state index contributed by atoms with van der Waals surface area (Å²) in [4.78, 5) is 35.2. The first-order valence-electron chi connectivity index (χ1n) is 12.5. The summed E-state index contributed by atoms with van der Waals surface area (Å²) in [6, 6.07) is 0.131. The van der Waals surface area contributed by atoms with Gasteiger partial charge in [-0.25, -0.2) is 4.79 Å². The number of hydrogen-bond donors (Lipinski definition) is 1. The Kier molecular flexibility index (Phi) is 8.81. The molecule has 0 aromatic rings. The molecule has 3 fully saturated rings. The fourth-order valence-electron chi connectivity index (χ4n) is 5.19. The highest BCUT2D eigenvalue weighted by Crippen LogP contribution is 2.23. The van der Waals surface area contributed by atoms with Crippen LogP contribution in [0.25, 0.3) is 0 Å². The summed E-state index contributed by atoms with van der Waals surface area (Å²) in [5, 5.41) is 2.92. The summed E-state index contributed by atoms with van der Waals surface area (Å²) in [7, 11) is 4.33. The Hall–Kier alpha value is -1.38. The van der Waals surface area contributed by atoms with E-state index in [1.807, 2.05) is 25.7 Å². The van der Waals surface area contributed by atoms with Crippen molar-refractivity contribution < 1.29 is 14.3 Å². The lowest BCUT2D eigenvalue weighted by atomic mass is 9.90. The first-order valence-corrected chi connectivity index (χ1v) is 12.5. The molecule has 32 heavy (non-hydrogen) atoms. The molecule has 3 saturated heterocycles. The normalized spacial score (nSPS) is 24.3. The van der Waals surface area contributed by atoms with E-state index < -0.39 is 17.7 Å². The second kappa shape index (κ2) is 11.2. The number of alkyl carbamates (subject to hydrolysis) is 1. The number of rotatable bonds is 5. The molecule has 2 amide bonds. The smallest absolute Gasteiger partial charge is 0.408 e. The summed E-state index contributed by atoms with van der Waals surface area (Å²) in [5.74, 6) is 0.508. The Morgan fingerprint density at radius 3 is 1.94 bits per heavy atom. The van der Waals surface area contributed by atoms with Crippen molar-refractivity contribution >= 4 is 12.0 Å². The van der Waals surface area contributed by atoms with Crippen LogP contribution in [-0.4, -0.2) is 116 Å². The van der Waals surface area contributed by atoms with E-state index in [1.165, 1.54) is 12.8 Å². The SMILES string of the molecule is CN1CCC(C[C@@H](NC(=O)OC(C)(C)C)C(=O)N2CCN(C3CCN(C)CC3)CC2)CC1. The Bertz CT molecular complexity index is 614. The van der Waals surface area contributed by atoms with E-state index in [4.69, 9.17) is 4.74 Å². The van der Waals surface area contributed by atoms with Crippen LogP contribution in [0, 0.1) is 5.92 Å². The summed E-state index contributed by atoms with van der Waals surface area (Å²) in [6.45, 7) is 13.3. The van der Waals surface area contributed by atoms with Gasteiger partial charge in [0, 0.05) is 32.2 Å². The summed E-state index contributed by atoms with van der Waals surface area (Å²) >= 11 is 0. The number of piperazine rings is 1. The number of ether oxygens (including phenoxy) is 1. The van der Waals surface area contributed by atoms with Gasteiger partial charge in [-0.15, -0.1) is 0 Å². The molecule has 8 nitrogen and oxygen atoms in total. The summed E-state index contributed by atoms with van der Waals surface area (Å²) in [5.41, 5.74) is -0.578. The van der Waals surface area contributed by atoms with Crippen LogP contribution in [0.3, 0.4) is 0 Å². The Balaban J connectivity index is 1.56. The van der Waals surface area contributed by atoms with Crippen molar-refractivity contribution in [1.29, 1.82) is 0 Å². The molecule has 0 aromatic carbocycles. The lowest BCUT2D eigenvalue weighted by molar-refractivity contribution is -0.136. The number of likely N-dealkylation sites (tertiary alicyclic amines) is 2. The molecular formula is C24H45N5O3. The second-order valence-electron chi connectivity index (χ2n) is 11.1. The van der Waals surface area contributed by atoms with Crippen LogP contribution in [0.2, 0.25) is 0 Å². The molecular weight excluding hydrogens is 406 g/mol. The first-order chi connectivity index (χ1) is 15.1. The largest absolute Gasteiger partial charge is 0.444 e. The molecule has 0 saturated carbocycles. The van der Waals surface area contributed by atoms with Gasteiger partial charge in [-0.05, 0) is 99.1 Å². The molecule has 1 atom stereocenters. The monoisotopic (exact) mass is 451 g/mol. The molecule has 0 unspecified atom stereocenters. The van der Waals surface area contributed by atoms with Gasteiger partial charge >= 0.3 is 6.09 Å². The molecule has 3 aliphatic rings. The van der Waals surface area contributed by atoms with Crippen molar-refractivity contribution in [3.8, 4) is 0 Å². The fourth-order valence-corrected chi connectivity index (χ4v) is 5.19. The van der Waals surface area contributed by atoms with Gasteiger partial charge in [0.05, 0.1) is 0 Å². The van der Waals surface area contributed by atoms with Crippen LogP contribution in [0.4, 0.5) is 4.79 Å². The highest BCUT2D eigenvalue weighted by Gasteiger charge is 2.34. The van der Waals surface area contributed by atoms with E-state index in [2.05, 4.69) is 34.1 Å². The van der Waals surface area contributed by atoms with Gasteiger partial charge in [0.1, 0.15) is 11.6 Å². The zero-order valence-corrected chi connectivity index (χ0v) is 20.9. The number of carbonyl (C=O) groups is 2. The molecule has 8 heteroatoms. The molecule has 0 aliphatic carbocycles. The van der Waals surface area contributed by atoms with Gasteiger partial charge in [0.2, 0.25) is 5.91 Å². The Morgan fingerprint density at radius 2 is 1.41 bits per heavy atom. The van der Waals surface area contributed by atoms with Crippen molar-refractivity contribution in [3.63, 3.8) is 0 Å². The van der Waals surface area contributed by atoms with E-state index in [-0.39, 0.29) is 5.91 Å². The van der Waals surface area contributed by atoms with E-state index >= 15 is 0 Å². The van der Waals surface area contributed by atoms with Crippen molar-refractivity contribution in [2.45, 2.75) is 70.6 Å². The molecule has 0 bridgehead atoms. The van der Waals surface area contributed by atoms with Crippen LogP contribution >= 0.6 is 0 Å². The third-order valence-corrected chi connectivity index (χ3v) is 7.23. The number of hydrogen-bond acceptors (Lipinski definition) is 6. The predicted molar refractivity (Wildman–Crippen MR) is 127 cm³/mol. The quantitative estimate of drug-likeness (QED) is 0.688. The van der Waals surface area contributed by atoms with E-state index in [0.29, 0.717) is 18.4 Å². The number of carbonyl (C=O) groups excluding carboxylic acids is 2. The number of nitrogens with one attached hydrogen (secondary N) is 1. The number of amides is 2. The average Bonchev–Trinajstić information content (AvgIpc) is 2.74. The van der Waals surface area contributed by atoms with Gasteiger partial charge in [0.25, 0.3) is 0 Å². The predicted octanol–water partition coefficient (Wildman–Crippen LogP) is 1.85. The zero-order valence-electron chi connectivity index (χ0n) is 20.9. The topological polar surface area (TPSA) is 68.4 Å². The van der Waals surface area contributed by atoms with Gasteiger partial charge in [-0.3, -0.25) is 9.69 Å². The molecule has 0 spiro atoms. The Morgan fingerprint density at radius 1 is 0.875 bits per heavy atom. The van der Waals surface area contributed by atoms with Crippen molar-refractivity contribution in [3.05, 3.63) is 0 Å². The number of piperidine rings is 2. The maximum Gasteiger partial charge on any atom is 0.408 e. The number of nitrogens with zero attached hydrogens (tertiary/aromatic N) is 4. The van der Waals surface area contributed by atoms with E-state index in [9.17, 15) is 9.59 Å². The lowest BCUT2D eigenvalue weighted by Gasteiger charge is -2.43. The van der Waals surface area contributed by atoms with E-state index in [0.717, 1.165) is 65.2 Å². The second-order valence-corrected chi connectivity index (χ2v) is 11.1. The maximum absolute atomic E-state index is 13.5. The third-order valence-electron chi connectivity index (χ3n) is 7.23. The van der Waals surface area contributed by atoms with Crippen LogP contribution in [0.5, 0.6) is 0 Å². The van der Waals surface area contributed by atoms with Crippen molar-refractivity contribution in [1.82, 2.24) is 24.9 Å². The van der Waals surface area contributed by atoms with Gasteiger partial charge in [0.15, 0.2) is 0 Å². The lowest BCUT2D eigenvalue weighted by Crippen LogP contribution is -2.58. The Labute approximate surface area is 194 Å². The van der Waals surface area contributed by atoms with Crippen LogP contribution in [0.1, 0.15) is 52.9 Å².